The van der Waals surface area contributed by atoms with Gasteiger partial charge in [-0.2, -0.15) is 0 Å². The zero-order valence-electron chi connectivity index (χ0n) is 11.5. The second-order valence-electron chi connectivity index (χ2n) is 4.43. The predicted molar refractivity (Wildman–Crippen MR) is 79.2 cm³/mol. The van der Waals surface area contributed by atoms with Crippen LogP contribution in [0.15, 0.2) is 48.5 Å². The first-order valence-electron chi connectivity index (χ1n) is 6.48. The van der Waals surface area contributed by atoms with E-state index in [1.165, 1.54) is 24.3 Å². The molecule has 0 spiro atoms. The highest BCUT2D eigenvalue weighted by Gasteiger charge is 2.06. The lowest BCUT2D eigenvalue weighted by Gasteiger charge is -2.08. The van der Waals surface area contributed by atoms with Gasteiger partial charge in [0.05, 0.1) is 5.75 Å². The molecule has 0 bridgehead atoms. The Morgan fingerprint density at radius 2 is 1.81 bits per heavy atom. The van der Waals surface area contributed by atoms with E-state index in [9.17, 15) is 12.8 Å². The smallest absolute Gasteiger partial charge is 0.211 e. The third-order valence-electron chi connectivity index (χ3n) is 2.82. The zero-order valence-corrected chi connectivity index (χ0v) is 12.4. The van der Waals surface area contributed by atoms with Crippen molar-refractivity contribution in [3.63, 3.8) is 0 Å². The van der Waals surface area contributed by atoms with Crippen molar-refractivity contribution in [3.8, 4) is 11.5 Å². The molecule has 2 aromatic rings. The number of rotatable bonds is 6. The maximum absolute atomic E-state index is 12.8. The van der Waals surface area contributed by atoms with Gasteiger partial charge in [0.25, 0.3) is 0 Å². The highest BCUT2D eigenvalue weighted by atomic mass is 32.2. The average Bonchev–Trinajstić information content (AvgIpc) is 2.48. The summed E-state index contributed by atoms with van der Waals surface area (Å²) in [6.07, 6.45) is 0. The molecule has 6 heteroatoms. The van der Waals surface area contributed by atoms with Gasteiger partial charge < -0.3 is 4.74 Å². The van der Waals surface area contributed by atoms with Crippen LogP contribution in [0.3, 0.4) is 0 Å². The van der Waals surface area contributed by atoms with Crippen molar-refractivity contribution >= 4 is 10.0 Å². The van der Waals surface area contributed by atoms with Crippen LogP contribution in [-0.2, 0) is 16.6 Å². The molecule has 0 atom stereocenters. The summed E-state index contributed by atoms with van der Waals surface area (Å²) in [5.74, 6) is 0.793. The summed E-state index contributed by atoms with van der Waals surface area (Å²) in [7, 11) is -3.23. The van der Waals surface area contributed by atoms with Crippen LogP contribution in [0.2, 0.25) is 0 Å². The van der Waals surface area contributed by atoms with E-state index in [4.69, 9.17) is 4.74 Å². The summed E-state index contributed by atoms with van der Waals surface area (Å²) in [5, 5.41) is 0. The lowest BCUT2D eigenvalue weighted by molar-refractivity contribution is 0.479. The zero-order chi connectivity index (χ0) is 15.3. The molecule has 0 saturated carbocycles. The predicted octanol–water partition coefficient (Wildman–Crippen LogP) is 3.06. The molecule has 0 radical (unpaired) electrons. The maximum atomic E-state index is 12.8. The monoisotopic (exact) mass is 309 g/mol. The standard InChI is InChI=1S/C15H16FNO3S/c1-2-21(18,19)17-11-12-4-3-5-15(10-12)20-14-8-6-13(16)7-9-14/h3-10,17H,2,11H2,1H3. The molecule has 4 nitrogen and oxygen atoms in total. The molecule has 0 fully saturated rings. The van der Waals surface area contributed by atoms with Gasteiger partial charge in [-0.1, -0.05) is 12.1 Å². The van der Waals surface area contributed by atoms with Crippen LogP contribution in [0, 0.1) is 5.82 Å². The number of hydrogen-bond acceptors (Lipinski definition) is 3. The van der Waals surface area contributed by atoms with Crippen molar-refractivity contribution in [1.82, 2.24) is 4.72 Å². The lowest BCUT2D eigenvalue weighted by Crippen LogP contribution is -2.24. The minimum absolute atomic E-state index is 0.0404. The SMILES string of the molecule is CCS(=O)(=O)NCc1cccc(Oc2ccc(F)cc2)c1. The van der Waals surface area contributed by atoms with Crippen molar-refractivity contribution < 1.29 is 17.5 Å². The fourth-order valence-corrected chi connectivity index (χ4v) is 2.24. The van der Waals surface area contributed by atoms with Gasteiger partial charge in [-0.25, -0.2) is 17.5 Å². The largest absolute Gasteiger partial charge is 0.457 e. The summed E-state index contributed by atoms with van der Waals surface area (Å²) in [6, 6.07) is 12.7. The van der Waals surface area contributed by atoms with Crippen LogP contribution >= 0.6 is 0 Å². The Morgan fingerprint density at radius 1 is 1.10 bits per heavy atom. The third kappa shape index (κ3) is 4.84. The second-order valence-corrected chi connectivity index (χ2v) is 6.52. The molecule has 0 unspecified atom stereocenters. The van der Waals surface area contributed by atoms with E-state index in [-0.39, 0.29) is 18.1 Å². The molecule has 0 aliphatic rings. The number of ether oxygens (including phenoxy) is 1. The number of halogens is 1. The molecular formula is C15H16FNO3S. The summed E-state index contributed by atoms with van der Waals surface area (Å²) in [5.41, 5.74) is 0.784. The molecule has 0 heterocycles. The van der Waals surface area contributed by atoms with Crippen molar-refractivity contribution in [3.05, 3.63) is 59.9 Å². The fraction of sp³-hybridized carbons (Fsp3) is 0.200. The first kappa shape index (κ1) is 15.5. The molecule has 0 saturated heterocycles. The van der Waals surface area contributed by atoms with E-state index in [1.54, 1.807) is 31.2 Å². The Kier molecular flexibility index (Phi) is 4.93. The Bertz CT molecular complexity index is 699. The van der Waals surface area contributed by atoms with E-state index >= 15 is 0 Å². The summed E-state index contributed by atoms with van der Waals surface area (Å²) >= 11 is 0. The van der Waals surface area contributed by atoms with Crippen LogP contribution < -0.4 is 9.46 Å². The number of hydrogen-bond donors (Lipinski definition) is 1. The minimum atomic E-state index is -3.23. The summed E-state index contributed by atoms with van der Waals surface area (Å²) < 4.78 is 43.7. The Hall–Kier alpha value is -1.92. The molecule has 21 heavy (non-hydrogen) atoms. The molecular weight excluding hydrogens is 293 g/mol. The van der Waals surface area contributed by atoms with E-state index in [2.05, 4.69) is 4.72 Å². The van der Waals surface area contributed by atoms with Gasteiger partial charge in [-0.3, -0.25) is 0 Å². The highest BCUT2D eigenvalue weighted by molar-refractivity contribution is 7.89. The molecule has 2 rings (SSSR count). The van der Waals surface area contributed by atoms with Crippen molar-refractivity contribution in [2.75, 3.05) is 5.75 Å². The summed E-state index contributed by atoms with van der Waals surface area (Å²) in [6.45, 7) is 1.78. The number of benzene rings is 2. The molecule has 0 aromatic heterocycles. The molecule has 0 amide bonds. The first-order valence-corrected chi connectivity index (χ1v) is 8.13. The van der Waals surface area contributed by atoms with Gasteiger partial charge in [-0.15, -0.1) is 0 Å². The Morgan fingerprint density at radius 3 is 2.48 bits per heavy atom. The van der Waals surface area contributed by atoms with E-state index in [0.29, 0.717) is 11.5 Å². The highest BCUT2D eigenvalue weighted by Crippen LogP contribution is 2.22. The normalized spacial score (nSPS) is 11.3. The average molecular weight is 309 g/mol. The van der Waals surface area contributed by atoms with Crippen LogP contribution in [0.4, 0.5) is 4.39 Å². The molecule has 112 valence electrons. The Labute approximate surface area is 123 Å². The summed E-state index contributed by atoms with van der Waals surface area (Å²) in [4.78, 5) is 0. The molecule has 2 aromatic carbocycles. The van der Waals surface area contributed by atoms with E-state index < -0.39 is 10.0 Å². The van der Waals surface area contributed by atoms with Crippen molar-refractivity contribution in [1.29, 1.82) is 0 Å². The number of sulfonamides is 1. The fourth-order valence-electron chi connectivity index (χ4n) is 1.65. The molecule has 0 aliphatic carbocycles. The van der Waals surface area contributed by atoms with E-state index in [1.807, 2.05) is 0 Å². The van der Waals surface area contributed by atoms with Gasteiger partial charge in [0.1, 0.15) is 17.3 Å². The molecule has 0 aliphatic heterocycles. The Balaban J connectivity index is 2.05. The van der Waals surface area contributed by atoms with Crippen molar-refractivity contribution in [2.24, 2.45) is 0 Å². The van der Waals surface area contributed by atoms with Crippen LogP contribution in [0.5, 0.6) is 11.5 Å². The van der Waals surface area contributed by atoms with Crippen LogP contribution in [0.25, 0.3) is 0 Å². The topological polar surface area (TPSA) is 55.4 Å². The van der Waals surface area contributed by atoms with Gasteiger partial charge in [0.2, 0.25) is 10.0 Å². The van der Waals surface area contributed by atoms with Crippen molar-refractivity contribution in [2.45, 2.75) is 13.5 Å². The molecule has 1 N–H and O–H groups in total. The van der Waals surface area contributed by atoms with Gasteiger partial charge in [0, 0.05) is 6.54 Å². The second kappa shape index (κ2) is 6.69. The van der Waals surface area contributed by atoms with Gasteiger partial charge in [-0.05, 0) is 48.9 Å². The van der Waals surface area contributed by atoms with Crippen LogP contribution in [-0.4, -0.2) is 14.2 Å². The maximum Gasteiger partial charge on any atom is 0.211 e. The lowest BCUT2D eigenvalue weighted by atomic mass is 10.2. The van der Waals surface area contributed by atoms with Crippen LogP contribution in [0.1, 0.15) is 12.5 Å². The van der Waals surface area contributed by atoms with E-state index in [0.717, 1.165) is 5.56 Å². The minimum Gasteiger partial charge on any atom is -0.457 e. The van der Waals surface area contributed by atoms with Gasteiger partial charge >= 0.3 is 0 Å². The number of nitrogens with one attached hydrogen (secondary N) is 1. The van der Waals surface area contributed by atoms with Gasteiger partial charge in [0.15, 0.2) is 0 Å². The first-order chi connectivity index (χ1) is 9.98. The third-order valence-corrected chi connectivity index (χ3v) is 4.17. The quantitative estimate of drug-likeness (QED) is 0.892.